The summed E-state index contributed by atoms with van der Waals surface area (Å²) in [6.07, 6.45) is -1.32. The number of ketones is 2. The van der Waals surface area contributed by atoms with Crippen LogP contribution in [-0.2, 0) is 41.5 Å². The summed E-state index contributed by atoms with van der Waals surface area (Å²) in [7, 11) is 2.22. The summed E-state index contributed by atoms with van der Waals surface area (Å²) in [6, 6.07) is 12.4. The molecule has 2 amide bonds. The fraction of sp³-hybridized carbons (Fsp3) is 0.410. The molecule has 0 atom stereocenters. The number of rotatable bonds is 14. The van der Waals surface area contributed by atoms with Crippen LogP contribution in [0.1, 0.15) is 133 Å². The van der Waals surface area contributed by atoms with Crippen molar-refractivity contribution in [1.29, 1.82) is 0 Å². The van der Waals surface area contributed by atoms with Crippen LogP contribution < -0.4 is 10.6 Å². The largest absolute Gasteiger partial charge is 0.465 e. The molecule has 0 aliphatic heterocycles. The van der Waals surface area contributed by atoms with Gasteiger partial charge in [0, 0.05) is 11.4 Å². The minimum Gasteiger partial charge on any atom is -0.465 e. The van der Waals surface area contributed by atoms with Crippen LogP contribution >= 0.6 is 0 Å². The van der Waals surface area contributed by atoms with Gasteiger partial charge in [0.05, 0.1) is 49.6 Å². The second kappa shape index (κ2) is 17.0. The van der Waals surface area contributed by atoms with Gasteiger partial charge in [-0.05, 0) is 52.0 Å². The molecule has 0 unspecified atom stereocenters. The lowest BCUT2D eigenvalue weighted by Gasteiger charge is -2.20. The SMILES string of the molecule is COC(=O)c1cc(C(=O)OC)c(CC(=O)C(=O)Nc2c(C(C)C)cccc2C(C)C)nc1CC(=O)C(=O)Nc1c(C(C)C)cccc1C(C)C. The van der Waals surface area contributed by atoms with Gasteiger partial charge in [0.15, 0.2) is 0 Å². The molecule has 2 aromatic carbocycles. The molecule has 2 N–H and O–H groups in total. The van der Waals surface area contributed by atoms with Crippen molar-refractivity contribution in [3.05, 3.63) is 87.2 Å². The van der Waals surface area contributed by atoms with Crippen molar-refractivity contribution in [3.63, 3.8) is 0 Å². The summed E-state index contributed by atoms with van der Waals surface area (Å²) >= 11 is 0. The van der Waals surface area contributed by atoms with Gasteiger partial charge in [0.25, 0.3) is 11.8 Å². The number of pyridine rings is 1. The predicted molar refractivity (Wildman–Crippen MR) is 191 cm³/mol. The van der Waals surface area contributed by atoms with E-state index in [1.165, 1.54) is 0 Å². The molecule has 266 valence electrons. The van der Waals surface area contributed by atoms with E-state index in [2.05, 4.69) is 15.6 Å². The quantitative estimate of drug-likeness (QED) is 0.140. The Labute approximate surface area is 293 Å². The van der Waals surface area contributed by atoms with Crippen LogP contribution in [-0.4, -0.2) is 54.5 Å². The van der Waals surface area contributed by atoms with Crippen LogP contribution in [0.2, 0.25) is 0 Å². The van der Waals surface area contributed by atoms with E-state index in [0.29, 0.717) is 11.4 Å². The maximum Gasteiger partial charge on any atom is 0.339 e. The summed E-state index contributed by atoms with van der Waals surface area (Å²) in [6.45, 7) is 15.8. The first kappa shape index (κ1) is 39.3. The standard InChI is InChI=1S/C39H47N3O8/c1-20(2)24-13-11-14-25(21(3)4)34(24)41-36(45)32(43)18-30-28(38(47)49-9)17-29(39(48)50-10)31(40-30)19-33(44)37(46)42-35-26(22(5)6)15-12-16-27(35)23(7)8/h11-17,20-23H,18-19H2,1-10H3,(H,41,45)(H,42,46). The molecule has 0 saturated carbocycles. The summed E-state index contributed by atoms with van der Waals surface area (Å²) in [5.41, 5.74) is 3.52. The first-order chi connectivity index (χ1) is 23.5. The van der Waals surface area contributed by atoms with Gasteiger partial charge >= 0.3 is 11.9 Å². The molecule has 1 aromatic heterocycles. The normalized spacial score (nSPS) is 11.2. The topological polar surface area (TPSA) is 158 Å². The Balaban J connectivity index is 2.02. The van der Waals surface area contributed by atoms with E-state index in [9.17, 15) is 28.8 Å². The number of nitrogens with one attached hydrogen (secondary N) is 2. The van der Waals surface area contributed by atoms with Crippen LogP contribution in [0.25, 0.3) is 0 Å². The lowest BCUT2D eigenvalue weighted by atomic mass is 9.92. The molecule has 1 heterocycles. The zero-order chi connectivity index (χ0) is 37.4. The van der Waals surface area contributed by atoms with Crippen molar-refractivity contribution >= 4 is 46.7 Å². The summed E-state index contributed by atoms with van der Waals surface area (Å²) in [5.74, 6) is -5.40. The van der Waals surface area contributed by atoms with E-state index < -0.39 is 48.2 Å². The molecule has 11 heteroatoms. The van der Waals surface area contributed by atoms with E-state index in [1.54, 1.807) is 0 Å². The molecular formula is C39H47N3O8. The number of aromatic nitrogens is 1. The Bertz CT molecular complexity index is 1630. The number of anilines is 2. The maximum atomic E-state index is 13.4. The van der Waals surface area contributed by atoms with Gasteiger partial charge < -0.3 is 20.1 Å². The highest BCUT2D eigenvalue weighted by atomic mass is 16.5. The van der Waals surface area contributed by atoms with Crippen LogP contribution in [0, 0.1) is 0 Å². The highest BCUT2D eigenvalue weighted by Gasteiger charge is 2.29. The summed E-state index contributed by atoms with van der Waals surface area (Å²) < 4.78 is 9.76. The second-order valence-corrected chi connectivity index (χ2v) is 13.3. The average Bonchev–Trinajstić information content (AvgIpc) is 3.07. The van der Waals surface area contributed by atoms with E-state index in [0.717, 1.165) is 42.5 Å². The molecule has 0 fully saturated rings. The predicted octanol–water partition coefficient (Wildman–Crippen LogP) is 6.65. The molecule has 0 spiro atoms. The van der Waals surface area contributed by atoms with Crippen LogP contribution in [0.5, 0.6) is 0 Å². The number of carbonyl (C=O) groups excluding carboxylic acids is 6. The Morgan fingerprint density at radius 1 is 0.560 bits per heavy atom. The molecule has 11 nitrogen and oxygen atoms in total. The highest BCUT2D eigenvalue weighted by molar-refractivity contribution is 6.42. The maximum absolute atomic E-state index is 13.4. The number of esters is 2. The van der Waals surface area contributed by atoms with Gasteiger partial charge in [-0.15, -0.1) is 0 Å². The number of carbonyl (C=O) groups is 6. The van der Waals surface area contributed by atoms with Crippen molar-refractivity contribution in [2.24, 2.45) is 0 Å². The van der Waals surface area contributed by atoms with Crippen LogP contribution in [0.15, 0.2) is 42.5 Å². The minimum atomic E-state index is -0.934. The minimum absolute atomic E-state index is 0.0469. The van der Waals surface area contributed by atoms with Crippen molar-refractivity contribution in [2.45, 2.75) is 91.9 Å². The second-order valence-electron chi connectivity index (χ2n) is 13.3. The molecule has 3 rings (SSSR count). The van der Waals surface area contributed by atoms with E-state index >= 15 is 0 Å². The van der Waals surface area contributed by atoms with Crippen molar-refractivity contribution in [1.82, 2.24) is 4.98 Å². The Kier molecular flexibility index (Phi) is 13.3. The summed E-state index contributed by atoms with van der Waals surface area (Å²) in [4.78, 5) is 83.5. The number of para-hydroxylation sites is 2. The number of benzene rings is 2. The zero-order valence-corrected chi connectivity index (χ0v) is 30.5. The van der Waals surface area contributed by atoms with Crippen LogP contribution in [0.3, 0.4) is 0 Å². The Morgan fingerprint density at radius 2 is 0.860 bits per heavy atom. The number of ether oxygens (including phenoxy) is 2. The molecule has 50 heavy (non-hydrogen) atoms. The number of Topliss-reactive ketones (excluding diaryl/α,β-unsaturated/α-hetero) is 2. The molecule has 0 aliphatic carbocycles. The molecule has 0 radical (unpaired) electrons. The van der Waals surface area contributed by atoms with Crippen molar-refractivity contribution in [3.8, 4) is 0 Å². The van der Waals surface area contributed by atoms with E-state index in [4.69, 9.17) is 9.47 Å². The molecule has 0 bridgehead atoms. The summed E-state index contributed by atoms with van der Waals surface area (Å²) in [5, 5.41) is 5.52. The monoisotopic (exact) mass is 685 g/mol. The third-order valence-electron chi connectivity index (χ3n) is 8.38. The lowest BCUT2D eigenvalue weighted by Crippen LogP contribution is -2.29. The van der Waals surface area contributed by atoms with Gasteiger partial charge in [-0.25, -0.2) is 9.59 Å². The van der Waals surface area contributed by atoms with Gasteiger partial charge in [0.1, 0.15) is 0 Å². The van der Waals surface area contributed by atoms with Crippen molar-refractivity contribution in [2.75, 3.05) is 24.9 Å². The van der Waals surface area contributed by atoms with Gasteiger partial charge in [-0.1, -0.05) is 91.8 Å². The Hall–Kier alpha value is -5.19. The number of amides is 2. The van der Waals surface area contributed by atoms with Gasteiger partial charge in [-0.2, -0.15) is 0 Å². The fourth-order valence-electron chi connectivity index (χ4n) is 5.66. The third kappa shape index (κ3) is 9.07. The lowest BCUT2D eigenvalue weighted by molar-refractivity contribution is -0.134. The zero-order valence-electron chi connectivity index (χ0n) is 30.5. The third-order valence-corrected chi connectivity index (χ3v) is 8.38. The van der Waals surface area contributed by atoms with Crippen LogP contribution in [0.4, 0.5) is 11.4 Å². The highest BCUT2D eigenvalue weighted by Crippen LogP contribution is 2.34. The van der Waals surface area contributed by atoms with E-state index in [1.807, 2.05) is 91.8 Å². The molecule has 3 aromatic rings. The number of hydrogen-bond acceptors (Lipinski definition) is 9. The first-order valence-electron chi connectivity index (χ1n) is 16.6. The molecule has 0 saturated heterocycles. The fourth-order valence-corrected chi connectivity index (χ4v) is 5.66. The molecule has 0 aliphatic rings. The molecular weight excluding hydrogens is 638 g/mol. The first-order valence-corrected chi connectivity index (χ1v) is 16.6. The smallest absolute Gasteiger partial charge is 0.339 e. The number of methoxy groups -OCH3 is 2. The van der Waals surface area contributed by atoms with Gasteiger partial charge in [0.2, 0.25) is 11.6 Å². The number of nitrogens with zero attached hydrogens (tertiary/aromatic N) is 1. The average molecular weight is 686 g/mol. The Morgan fingerprint density at radius 3 is 1.12 bits per heavy atom. The number of hydrogen-bond donors (Lipinski definition) is 2. The van der Waals surface area contributed by atoms with Gasteiger partial charge in [-0.3, -0.25) is 24.2 Å². The van der Waals surface area contributed by atoms with Crippen molar-refractivity contribution < 1.29 is 38.2 Å². The van der Waals surface area contributed by atoms with E-state index in [-0.39, 0.29) is 46.2 Å².